The summed E-state index contributed by atoms with van der Waals surface area (Å²) in [5.74, 6) is 0.884. The second kappa shape index (κ2) is 10.5. The minimum atomic E-state index is -0.0826. The zero-order valence-electron chi connectivity index (χ0n) is 14.4. The molecule has 0 bridgehead atoms. The Morgan fingerprint density at radius 2 is 2.30 bits per heavy atom. The van der Waals surface area contributed by atoms with Crippen LogP contribution in [0.4, 0.5) is 0 Å². The lowest BCUT2D eigenvalue weighted by molar-refractivity contribution is 0.0283. The Labute approximate surface area is 160 Å². The van der Waals surface area contributed by atoms with Gasteiger partial charge in [0.15, 0.2) is 5.96 Å². The summed E-state index contributed by atoms with van der Waals surface area (Å²) in [6.07, 6.45) is 4.32. The fraction of sp³-hybridized carbons (Fsp3) is 0.750. The van der Waals surface area contributed by atoms with Gasteiger partial charge in [-0.3, -0.25) is 4.99 Å². The van der Waals surface area contributed by atoms with Gasteiger partial charge in [-0.15, -0.1) is 35.3 Å². The van der Waals surface area contributed by atoms with Crippen LogP contribution in [0.5, 0.6) is 0 Å². The van der Waals surface area contributed by atoms with Gasteiger partial charge in [-0.05, 0) is 40.0 Å². The third-order valence-electron chi connectivity index (χ3n) is 3.74. The number of ether oxygens (including phenoxy) is 1. The van der Waals surface area contributed by atoms with Crippen molar-refractivity contribution in [2.75, 3.05) is 26.2 Å². The lowest BCUT2D eigenvalue weighted by atomic mass is 10.0. The lowest BCUT2D eigenvalue weighted by Crippen LogP contribution is -2.39. The van der Waals surface area contributed by atoms with E-state index in [1.165, 1.54) is 5.01 Å². The number of nitrogens with zero attached hydrogens (tertiary/aromatic N) is 2. The molecule has 1 aromatic heterocycles. The van der Waals surface area contributed by atoms with Gasteiger partial charge >= 0.3 is 0 Å². The predicted molar refractivity (Wildman–Crippen MR) is 108 cm³/mol. The van der Waals surface area contributed by atoms with Crippen LogP contribution < -0.4 is 10.6 Å². The summed E-state index contributed by atoms with van der Waals surface area (Å²) in [5.41, 5.74) is 1.04. The average Bonchev–Trinajstić information content (AvgIpc) is 3.10. The molecule has 1 fully saturated rings. The number of rotatable bonds is 7. The van der Waals surface area contributed by atoms with Crippen LogP contribution in [0, 0.1) is 6.92 Å². The Hall–Kier alpha value is -0.410. The van der Waals surface area contributed by atoms with Gasteiger partial charge in [0.05, 0.1) is 17.2 Å². The van der Waals surface area contributed by atoms with Gasteiger partial charge in [0.1, 0.15) is 0 Å². The van der Waals surface area contributed by atoms with Crippen LogP contribution in [0.2, 0.25) is 0 Å². The van der Waals surface area contributed by atoms with Crippen LogP contribution in [0.1, 0.15) is 43.8 Å². The van der Waals surface area contributed by atoms with Gasteiger partial charge < -0.3 is 15.4 Å². The van der Waals surface area contributed by atoms with Crippen LogP contribution in [0.25, 0.3) is 0 Å². The molecule has 2 rings (SSSR count). The Balaban J connectivity index is 0.00000264. The molecule has 2 N–H and O–H groups in total. The maximum Gasteiger partial charge on any atom is 0.191 e. The average molecular weight is 452 g/mol. The fourth-order valence-corrected chi connectivity index (χ4v) is 3.33. The van der Waals surface area contributed by atoms with Crippen LogP contribution >= 0.6 is 35.3 Å². The number of aryl methyl sites for hydroxylation is 2. The molecule has 5 nitrogen and oxygen atoms in total. The van der Waals surface area contributed by atoms with E-state index < -0.39 is 0 Å². The molecule has 2 heterocycles. The minimum Gasteiger partial charge on any atom is -0.373 e. The van der Waals surface area contributed by atoms with Crippen LogP contribution in [-0.2, 0) is 11.2 Å². The predicted octanol–water partition coefficient (Wildman–Crippen LogP) is 3.13. The zero-order valence-corrected chi connectivity index (χ0v) is 17.5. The second-order valence-electron chi connectivity index (χ2n) is 6.01. The summed E-state index contributed by atoms with van der Waals surface area (Å²) in [6.45, 7) is 9.63. The minimum absolute atomic E-state index is 0. The number of guanidine groups is 1. The van der Waals surface area contributed by atoms with Crippen molar-refractivity contribution in [2.45, 2.75) is 52.1 Å². The van der Waals surface area contributed by atoms with Crippen LogP contribution in [-0.4, -0.2) is 42.8 Å². The van der Waals surface area contributed by atoms with E-state index >= 15 is 0 Å². The molecule has 0 aliphatic carbocycles. The van der Waals surface area contributed by atoms with Crippen molar-refractivity contribution in [3.63, 3.8) is 0 Å². The van der Waals surface area contributed by atoms with E-state index in [0.717, 1.165) is 57.0 Å². The molecule has 132 valence electrons. The Bertz CT molecular complexity index is 486. The second-order valence-corrected chi connectivity index (χ2v) is 6.95. The first-order valence-electron chi connectivity index (χ1n) is 8.18. The number of aliphatic imine (C=N–C) groups is 1. The van der Waals surface area contributed by atoms with E-state index in [1.54, 1.807) is 11.3 Å². The highest BCUT2D eigenvalue weighted by molar-refractivity contribution is 14.0. The van der Waals surface area contributed by atoms with Crippen LogP contribution in [0.15, 0.2) is 10.4 Å². The van der Waals surface area contributed by atoms with Crippen molar-refractivity contribution in [3.8, 4) is 0 Å². The number of aromatic nitrogens is 1. The number of nitrogens with one attached hydrogen (secondary N) is 2. The molecule has 0 saturated carbocycles. The summed E-state index contributed by atoms with van der Waals surface area (Å²) in [5, 5.41) is 10.0. The smallest absolute Gasteiger partial charge is 0.191 e. The number of hydrogen-bond donors (Lipinski definition) is 2. The van der Waals surface area contributed by atoms with Crippen molar-refractivity contribution >= 4 is 41.3 Å². The first kappa shape index (κ1) is 20.6. The van der Waals surface area contributed by atoms with E-state index in [4.69, 9.17) is 4.74 Å². The Kier molecular flexibility index (Phi) is 9.38. The summed E-state index contributed by atoms with van der Waals surface area (Å²) in [7, 11) is 0. The molecular formula is C16H29IN4OS. The molecule has 0 amide bonds. The quantitative estimate of drug-likeness (QED) is 0.289. The molecule has 23 heavy (non-hydrogen) atoms. The molecule has 1 aliphatic rings. The number of thiazole rings is 1. The van der Waals surface area contributed by atoms with E-state index in [1.807, 2.05) is 6.92 Å². The third-order valence-corrected chi connectivity index (χ3v) is 4.77. The molecule has 1 aliphatic heterocycles. The standard InChI is InChI=1S/C16H28N4OS.HI/c1-4-17-15(19-12-16(3)8-6-10-21-16)18-9-5-7-14-20-13(2)11-22-14;/h11H,4-10,12H2,1-3H3,(H2,17,18,19);1H. The maximum atomic E-state index is 5.79. The van der Waals surface area contributed by atoms with E-state index in [0.29, 0.717) is 6.54 Å². The van der Waals surface area contributed by atoms with Gasteiger partial charge in [-0.25, -0.2) is 4.98 Å². The zero-order chi connectivity index (χ0) is 15.8. The highest BCUT2D eigenvalue weighted by atomic mass is 127. The molecule has 1 aromatic rings. The topological polar surface area (TPSA) is 58.5 Å². The van der Waals surface area contributed by atoms with Gasteiger partial charge in [-0.1, -0.05) is 0 Å². The molecule has 1 saturated heterocycles. The normalized spacial score (nSPS) is 21.1. The van der Waals surface area contributed by atoms with E-state index in [-0.39, 0.29) is 29.6 Å². The molecule has 0 aromatic carbocycles. The monoisotopic (exact) mass is 452 g/mol. The number of hydrogen-bond acceptors (Lipinski definition) is 4. The van der Waals surface area contributed by atoms with Crippen molar-refractivity contribution in [1.82, 2.24) is 15.6 Å². The fourth-order valence-electron chi connectivity index (χ4n) is 2.51. The molecular weight excluding hydrogens is 423 g/mol. The van der Waals surface area contributed by atoms with Crippen molar-refractivity contribution < 1.29 is 4.74 Å². The van der Waals surface area contributed by atoms with Gasteiger partial charge in [0, 0.05) is 37.2 Å². The van der Waals surface area contributed by atoms with Gasteiger partial charge in [-0.2, -0.15) is 0 Å². The SMILES string of the molecule is CCNC(=NCC1(C)CCCO1)NCCCc1nc(C)cs1.I. The first-order valence-corrected chi connectivity index (χ1v) is 9.06. The Morgan fingerprint density at radius 3 is 2.91 bits per heavy atom. The molecule has 0 spiro atoms. The number of halogens is 1. The molecule has 0 radical (unpaired) electrons. The summed E-state index contributed by atoms with van der Waals surface area (Å²) in [4.78, 5) is 9.16. The Morgan fingerprint density at radius 1 is 1.48 bits per heavy atom. The lowest BCUT2D eigenvalue weighted by Gasteiger charge is -2.21. The maximum absolute atomic E-state index is 5.79. The highest BCUT2D eigenvalue weighted by Gasteiger charge is 2.29. The van der Waals surface area contributed by atoms with Crippen LogP contribution in [0.3, 0.4) is 0 Å². The summed E-state index contributed by atoms with van der Waals surface area (Å²) >= 11 is 1.74. The molecule has 1 unspecified atom stereocenters. The van der Waals surface area contributed by atoms with Gasteiger partial charge in [0.2, 0.25) is 0 Å². The largest absolute Gasteiger partial charge is 0.373 e. The summed E-state index contributed by atoms with van der Waals surface area (Å²) < 4.78 is 5.79. The van der Waals surface area contributed by atoms with Crippen molar-refractivity contribution in [2.24, 2.45) is 4.99 Å². The third kappa shape index (κ3) is 7.34. The highest BCUT2D eigenvalue weighted by Crippen LogP contribution is 2.24. The van der Waals surface area contributed by atoms with Crippen molar-refractivity contribution in [3.05, 3.63) is 16.1 Å². The molecule has 7 heteroatoms. The van der Waals surface area contributed by atoms with Gasteiger partial charge in [0.25, 0.3) is 0 Å². The summed E-state index contributed by atoms with van der Waals surface area (Å²) in [6, 6.07) is 0. The van der Waals surface area contributed by atoms with E-state index in [2.05, 4.69) is 39.8 Å². The van der Waals surface area contributed by atoms with E-state index in [9.17, 15) is 0 Å². The molecule has 1 atom stereocenters. The van der Waals surface area contributed by atoms with Crippen molar-refractivity contribution in [1.29, 1.82) is 0 Å². The first-order chi connectivity index (χ1) is 10.6.